The van der Waals surface area contributed by atoms with Gasteiger partial charge in [0.1, 0.15) is 0 Å². The molecule has 0 N–H and O–H groups in total. The van der Waals surface area contributed by atoms with E-state index in [1.54, 1.807) is 0 Å². The Bertz CT molecular complexity index is 381. The maximum atomic E-state index is 6.34. The number of rotatable bonds is 4. The van der Waals surface area contributed by atoms with Crippen LogP contribution in [-0.4, -0.2) is 11.4 Å². The number of alkyl halides is 1. The standard InChI is InChI=1S/C15H20Br2O/c1-11-6-2-5-9-14(11)18-15(10-16)12-7-3-4-8-13(12)17/h3-4,7-8,11,14-15H,2,5-6,9-10H2,1H3. The molecular formula is C15H20Br2O. The van der Waals surface area contributed by atoms with Gasteiger partial charge >= 0.3 is 0 Å². The quantitative estimate of drug-likeness (QED) is 0.633. The van der Waals surface area contributed by atoms with Crippen molar-refractivity contribution in [2.75, 3.05) is 5.33 Å². The van der Waals surface area contributed by atoms with Gasteiger partial charge in [-0.15, -0.1) is 0 Å². The van der Waals surface area contributed by atoms with E-state index in [0.717, 1.165) is 9.80 Å². The summed E-state index contributed by atoms with van der Waals surface area (Å²) in [5, 5.41) is 0.846. The fourth-order valence-electron chi connectivity index (χ4n) is 2.62. The third kappa shape index (κ3) is 3.58. The third-order valence-corrected chi connectivity index (χ3v) is 5.07. The first kappa shape index (κ1) is 14.5. The molecule has 1 aromatic rings. The SMILES string of the molecule is CC1CCCCC1OC(CBr)c1ccccc1Br. The van der Waals surface area contributed by atoms with Gasteiger partial charge in [0.15, 0.2) is 0 Å². The average Bonchev–Trinajstić information content (AvgIpc) is 2.39. The van der Waals surface area contributed by atoms with Crippen LogP contribution in [0, 0.1) is 5.92 Å². The normalized spacial score (nSPS) is 25.9. The van der Waals surface area contributed by atoms with Gasteiger partial charge in [-0.3, -0.25) is 0 Å². The number of hydrogen-bond acceptors (Lipinski definition) is 1. The lowest BCUT2D eigenvalue weighted by Gasteiger charge is -2.32. The first-order chi connectivity index (χ1) is 8.72. The highest BCUT2D eigenvalue weighted by molar-refractivity contribution is 9.10. The molecule has 1 aliphatic carbocycles. The molecule has 0 aromatic heterocycles. The van der Waals surface area contributed by atoms with E-state index in [2.05, 4.69) is 57.0 Å². The third-order valence-electron chi connectivity index (χ3n) is 3.76. The van der Waals surface area contributed by atoms with E-state index < -0.39 is 0 Å². The minimum Gasteiger partial charge on any atom is -0.369 e. The van der Waals surface area contributed by atoms with Crippen LogP contribution >= 0.6 is 31.9 Å². The van der Waals surface area contributed by atoms with E-state index in [1.807, 2.05) is 6.07 Å². The van der Waals surface area contributed by atoms with Crippen molar-refractivity contribution in [3.05, 3.63) is 34.3 Å². The molecule has 1 saturated carbocycles. The number of ether oxygens (including phenoxy) is 1. The zero-order chi connectivity index (χ0) is 13.0. The summed E-state index contributed by atoms with van der Waals surface area (Å²) in [5.41, 5.74) is 1.24. The minimum atomic E-state index is 0.145. The molecule has 1 aliphatic rings. The average molecular weight is 376 g/mol. The summed E-state index contributed by atoms with van der Waals surface area (Å²) in [6, 6.07) is 8.34. The molecule has 100 valence electrons. The highest BCUT2D eigenvalue weighted by Crippen LogP contribution is 2.34. The number of benzene rings is 1. The zero-order valence-corrected chi connectivity index (χ0v) is 13.9. The van der Waals surface area contributed by atoms with Crippen LogP contribution < -0.4 is 0 Å². The molecule has 1 fully saturated rings. The molecule has 0 heterocycles. The number of halogens is 2. The van der Waals surface area contributed by atoms with E-state index in [-0.39, 0.29) is 6.10 Å². The maximum absolute atomic E-state index is 6.34. The fraction of sp³-hybridized carbons (Fsp3) is 0.600. The minimum absolute atomic E-state index is 0.145. The van der Waals surface area contributed by atoms with Crippen molar-refractivity contribution in [3.63, 3.8) is 0 Å². The molecular weight excluding hydrogens is 356 g/mol. The van der Waals surface area contributed by atoms with Gasteiger partial charge in [-0.1, -0.05) is 69.8 Å². The van der Waals surface area contributed by atoms with E-state index in [4.69, 9.17) is 4.74 Å². The van der Waals surface area contributed by atoms with E-state index in [1.165, 1.54) is 31.2 Å². The second-order valence-corrected chi connectivity index (χ2v) is 6.60. The van der Waals surface area contributed by atoms with Crippen LogP contribution in [0.25, 0.3) is 0 Å². The van der Waals surface area contributed by atoms with Crippen molar-refractivity contribution in [1.29, 1.82) is 0 Å². The molecule has 0 saturated heterocycles. The van der Waals surface area contributed by atoms with E-state index in [0.29, 0.717) is 12.0 Å². The second-order valence-electron chi connectivity index (χ2n) is 5.10. The summed E-state index contributed by atoms with van der Waals surface area (Å²) in [7, 11) is 0. The topological polar surface area (TPSA) is 9.23 Å². The number of hydrogen-bond donors (Lipinski definition) is 0. The van der Waals surface area contributed by atoms with Crippen LogP contribution in [0.1, 0.15) is 44.3 Å². The smallest absolute Gasteiger partial charge is 0.0936 e. The van der Waals surface area contributed by atoms with Crippen LogP contribution in [0.5, 0.6) is 0 Å². The van der Waals surface area contributed by atoms with Gasteiger partial charge in [-0.25, -0.2) is 0 Å². The van der Waals surface area contributed by atoms with Crippen molar-refractivity contribution in [2.24, 2.45) is 5.92 Å². The van der Waals surface area contributed by atoms with Gasteiger partial charge in [0, 0.05) is 9.80 Å². The Labute approximate surface area is 127 Å². The van der Waals surface area contributed by atoms with Crippen LogP contribution in [-0.2, 0) is 4.74 Å². The monoisotopic (exact) mass is 374 g/mol. The Morgan fingerprint density at radius 2 is 2.00 bits per heavy atom. The summed E-state index contributed by atoms with van der Waals surface area (Å²) in [5.74, 6) is 0.683. The molecule has 3 unspecified atom stereocenters. The Kier molecular flexibility index (Phi) is 5.71. The molecule has 0 bridgehead atoms. The lowest BCUT2D eigenvalue weighted by molar-refractivity contribution is -0.0471. The predicted molar refractivity (Wildman–Crippen MR) is 83.2 cm³/mol. The molecule has 0 amide bonds. The van der Waals surface area contributed by atoms with Crippen molar-refractivity contribution in [3.8, 4) is 0 Å². The van der Waals surface area contributed by atoms with Gasteiger partial charge in [-0.2, -0.15) is 0 Å². The van der Waals surface area contributed by atoms with Gasteiger partial charge in [0.05, 0.1) is 12.2 Å². The molecule has 3 atom stereocenters. The second kappa shape index (κ2) is 7.06. The highest BCUT2D eigenvalue weighted by Gasteiger charge is 2.26. The Morgan fingerprint density at radius 3 is 2.67 bits per heavy atom. The van der Waals surface area contributed by atoms with Crippen LogP contribution in [0.15, 0.2) is 28.7 Å². The molecule has 1 aromatic carbocycles. The zero-order valence-electron chi connectivity index (χ0n) is 10.7. The molecule has 1 nitrogen and oxygen atoms in total. The summed E-state index contributed by atoms with van der Waals surface area (Å²) >= 11 is 7.20. The van der Waals surface area contributed by atoms with Gasteiger partial charge in [-0.05, 0) is 30.4 Å². The molecule has 2 rings (SSSR count). The van der Waals surface area contributed by atoms with Crippen molar-refractivity contribution < 1.29 is 4.74 Å². The first-order valence-electron chi connectivity index (χ1n) is 6.68. The van der Waals surface area contributed by atoms with Crippen molar-refractivity contribution in [2.45, 2.75) is 44.8 Å². The fourth-order valence-corrected chi connectivity index (χ4v) is 3.67. The van der Waals surface area contributed by atoms with Gasteiger partial charge in [0.25, 0.3) is 0 Å². The van der Waals surface area contributed by atoms with E-state index in [9.17, 15) is 0 Å². The van der Waals surface area contributed by atoms with Crippen molar-refractivity contribution >= 4 is 31.9 Å². The van der Waals surface area contributed by atoms with Crippen LogP contribution in [0.2, 0.25) is 0 Å². The highest BCUT2D eigenvalue weighted by atomic mass is 79.9. The molecule has 18 heavy (non-hydrogen) atoms. The first-order valence-corrected chi connectivity index (χ1v) is 8.59. The molecule has 0 radical (unpaired) electrons. The molecule has 3 heteroatoms. The van der Waals surface area contributed by atoms with Crippen molar-refractivity contribution in [1.82, 2.24) is 0 Å². The van der Waals surface area contributed by atoms with Gasteiger partial charge in [0.2, 0.25) is 0 Å². The van der Waals surface area contributed by atoms with Gasteiger partial charge < -0.3 is 4.74 Å². The maximum Gasteiger partial charge on any atom is 0.0936 e. The summed E-state index contributed by atoms with van der Waals surface area (Å²) in [4.78, 5) is 0. The summed E-state index contributed by atoms with van der Waals surface area (Å²) in [6.07, 6.45) is 5.72. The largest absolute Gasteiger partial charge is 0.369 e. The Hall–Kier alpha value is 0.140. The van der Waals surface area contributed by atoms with E-state index >= 15 is 0 Å². The molecule has 0 aliphatic heterocycles. The lowest BCUT2D eigenvalue weighted by Crippen LogP contribution is -2.28. The summed E-state index contributed by atoms with van der Waals surface area (Å²) in [6.45, 7) is 2.31. The molecule has 0 spiro atoms. The Balaban J connectivity index is 2.07. The summed E-state index contributed by atoms with van der Waals surface area (Å²) < 4.78 is 7.48. The van der Waals surface area contributed by atoms with Crippen LogP contribution in [0.4, 0.5) is 0 Å². The lowest BCUT2D eigenvalue weighted by atomic mass is 9.88. The predicted octanol–water partition coefficient (Wildman–Crippen LogP) is 5.48. The van der Waals surface area contributed by atoms with Crippen LogP contribution in [0.3, 0.4) is 0 Å². The Morgan fingerprint density at radius 1 is 1.28 bits per heavy atom.